The maximum atomic E-state index is 4.65. The Morgan fingerprint density at radius 2 is 2.11 bits per heavy atom. The molecule has 0 saturated carbocycles. The van der Waals surface area contributed by atoms with Gasteiger partial charge in [-0.25, -0.2) is 9.97 Å². The first-order valence-corrected chi connectivity index (χ1v) is 7.74. The molecule has 2 atom stereocenters. The summed E-state index contributed by atoms with van der Waals surface area (Å²) in [6, 6.07) is 2.62. The third kappa shape index (κ3) is 2.88. The van der Waals surface area contributed by atoms with E-state index in [9.17, 15) is 0 Å². The van der Waals surface area contributed by atoms with Crippen molar-refractivity contribution < 1.29 is 0 Å². The average molecular weight is 266 g/mol. The topological polar surface area (TPSA) is 41.0 Å². The van der Waals surface area contributed by atoms with Gasteiger partial charge >= 0.3 is 0 Å². The van der Waals surface area contributed by atoms with Crippen molar-refractivity contribution in [1.82, 2.24) is 9.97 Å². The summed E-state index contributed by atoms with van der Waals surface area (Å²) >= 11 is 1.59. The van der Waals surface area contributed by atoms with E-state index < -0.39 is 0 Å². The van der Waals surface area contributed by atoms with E-state index in [4.69, 9.17) is 0 Å². The van der Waals surface area contributed by atoms with E-state index >= 15 is 0 Å². The highest BCUT2D eigenvalue weighted by Crippen LogP contribution is 2.28. The molecule has 100 valence electrons. The molecule has 1 N–H and O–H groups in total. The number of thioether (sulfide) groups is 1. The molecule has 0 aliphatic carbocycles. The van der Waals surface area contributed by atoms with Crippen molar-refractivity contribution in [3.05, 3.63) is 6.07 Å². The number of aromatic nitrogens is 2. The molecule has 0 bridgehead atoms. The summed E-state index contributed by atoms with van der Waals surface area (Å²) in [5.41, 5.74) is 0. The number of hydrogen-bond acceptors (Lipinski definition) is 5. The quantitative estimate of drug-likeness (QED) is 0.673. The Morgan fingerprint density at radius 3 is 2.78 bits per heavy atom. The van der Waals surface area contributed by atoms with E-state index in [0.29, 0.717) is 6.04 Å². The largest absolute Gasteiger partial charge is 0.373 e. The molecular formula is C13H22N4S. The van der Waals surface area contributed by atoms with Crippen LogP contribution in [0, 0.1) is 5.92 Å². The zero-order valence-electron chi connectivity index (χ0n) is 11.6. The van der Waals surface area contributed by atoms with Crippen LogP contribution in [0.1, 0.15) is 26.7 Å². The summed E-state index contributed by atoms with van der Waals surface area (Å²) in [6.07, 6.45) is 4.58. The summed E-state index contributed by atoms with van der Waals surface area (Å²) in [5, 5.41) is 3.95. The van der Waals surface area contributed by atoms with E-state index in [-0.39, 0.29) is 0 Å². The molecule has 2 heterocycles. The normalized spacial score (nSPS) is 24.1. The van der Waals surface area contributed by atoms with Gasteiger partial charge in [-0.15, -0.1) is 0 Å². The van der Waals surface area contributed by atoms with Crippen molar-refractivity contribution >= 4 is 23.4 Å². The fourth-order valence-corrected chi connectivity index (χ4v) is 2.76. The molecule has 2 rings (SSSR count). The summed E-state index contributed by atoms with van der Waals surface area (Å²) in [6.45, 7) is 5.69. The number of nitrogens with zero attached hydrogens (tertiary/aromatic N) is 3. The Hall–Kier alpha value is -0.970. The van der Waals surface area contributed by atoms with Gasteiger partial charge in [-0.3, -0.25) is 0 Å². The monoisotopic (exact) mass is 266 g/mol. The molecule has 1 aromatic heterocycles. The molecule has 1 aliphatic rings. The van der Waals surface area contributed by atoms with Crippen molar-refractivity contribution in [2.24, 2.45) is 5.92 Å². The first-order valence-electron chi connectivity index (χ1n) is 6.51. The fourth-order valence-electron chi connectivity index (χ4n) is 2.39. The van der Waals surface area contributed by atoms with Gasteiger partial charge in [0.25, 0.3) is 0 Å². The van der Waals surface area contributed by atoms with E-state index in [1.165, 1.54) is 12.8 Å². The van der Waals surface area contributed by atoms with E-state index in [1.54, 1.807) is 11.8 Å². The summed E-state index contributed by atoms with van der Waals surface area (Å²) in [7, 11) is 1.90. The van der Waals surface area contributed by atoms with Crippen molar-refractivity contribution in [2.75, 3.05) is 30.1 Å². The third-order valence-corrected chi connectivity index (χ3v) is 4.09. The second kappa shape index (κ2) is 5.78. The van der Waals surface area contributed by atoms with Gasteiger partial charge in [0.2, 0.25) is 0 Å². The van der Waals surface area contributed by atoms with Crippen LogP contribution in [0.2, 0.25) is 0 Å². The van der Waals surface area contributed by atoms with Crippen molar-refractivity contribution in [3.63, 3.8) is 0 Å². The second-order valence-corrected chi connectivity index (χ2v) is 5.81. The predicted molar refractivity (Wildman–Crippen MR) is 78.6 cm³/mol. The van der Waals surface area contributed by atoms with Crippen LogP contribution in [0.5, 0.6) is 0 Å². The molecule has 0 spiro atoms. The van der Waals surface area contributed by atoms with E-state index in [2.05, 4.69) is 34.0 Å². The van der Waals surface area contributed by atoms with Crippen LogP contribution >= 0.6 is 11.8 Å². The Balaban J connectivity index is 2.30. The predicted octanol–water partition coefficient (Wildman–Crippen LogP) is 2.87. The molecule has 4 nitrogen and oxygen atoms in total. The van der Waals surface area contributed by atoms with Gasteiger partial charge < -0.3 is 10.2 Å². The Kier molecular flexibility index (Phi) is 4.32. The minimum Gasteiger partial charge on any atom is -0.373 e. The number of nitrogens with one attached hydrogen (secondary N) is 1. The molecule has 1 aliphatic heterocycles. The molecule has 0 radical (unpaired) electrons. The lowest BCUT2D eigenvalue weighted by atomic mass is 9.95. The number of anilines is 2. The van der Waals surface area contributed by atoms with E-state index in [0.717, 1.165) is 29.3 Å². The van der Waals surface area contributed by atoms with Crippen LogP contribution in [0.25, 0.3) is 0 Å². The smallest absolute Gasteiger partial charge is 0.191 e. The van der Waals surface area contributed by atoms with Crippen molar-refractivity contribution in [3.8, 4) is 0 Å². The van der Waals surface area contributed by atoms with E-state index in [1.807, 2.05) is 19.4 Å². The number of piperidine rings is 1. The van der Waals surface area contributed by atoms with Gasteiger partial charge in [-0.05, 0) is 31.9 Å². The first kappa shape index (κ1) is 13.5. The minimum atomic E-state index is 0.565. The average Bonchev–Trinajstić information content (AvgIpc) is 2.40. The Bertz CT molecular complexity index is 388. The van der Waals surface area contributed by atoms with Gasteiger partial charge in [0.15, 0.2) is 5.16 Å². The van der Waals surface area contributed by atoms with Gasteiger partial charge in [-0.2, -0.15) is 0 Å². The molecular weight excluding hydrogens is 244 g/mol. The van der Waals surface area contributed by atoms with Gasteiger partial charge in [0, 0.05) is 25.7 Å². The first-order chi connectivity index (χ1) is 8.63. The van der Waals surface area contributed by atoms with Gasteiger partial charge in [0.05, 0.1) is 0 Å². The maximum absolute atomic E-state index is 4.65. The highest BCUT2D eigenvalue weighted by molar-refractivity contribution is 7.98. The third-order valence-electron chi connectivity index (χ3n) is 3.54. The van der Waals surface area contributed by atoms with Gasteiger partial charge in [-0.1, -0.05) is 18.7 Å². The fraction of sp³-hybridized carbons (Fsp3) is 0.692. The Morgan fingerprint density at radius 1 is 1.33 bits per heavy atom. The van der Waals surface area contributed by atoms with Crippen LogP contribution in [-0.4, -0.2) is 35.9 Å². The molecule has 0 aromatic carbocycles. The highest BCUT2D eigenvalue weighted by atomic mass is 32.2. The summed E-state index contributed by atoms with van der Waals surface area (Å²) in [4.78, 5) is 11.5. The second-order valence-electron chi connectivity index (χ2n) is 5.03. The molecule has 5 heteroatoms. The van der Waals surface area contributed by atoms with Gasteiger partial charge in [0.1, 0.15) is 11.6 Å². The Labute approximate surface area is 114 Å². The standard InChI is InChI=1S/C13H22N4S/c1-9-5-6-10(2)17(8-9)12-7-11(14-3)15-13(16-12)18-4/h7,9-10H,5-6,8H2,1-4H3,(H,14,15,16). The molecule has 1 aromatic rings. The highest BCUT2D eigenvalue weighted by Gasteiger charge is 2.24. The molecule has 18 heavy (non-hydrogen) atoms. The van der Waals surface area contributed by atoms with Crippen LogP contribution in [-0.2, 0) is 0 Å². The number of hydrogen-bond donors (Lipinski definition) is 1. The maximum Gasteiger partial charge on any atom is 0.191 e. The lowest BCUT2D eigenvalue weighted by molar-refractivity contribution is 0.387. The summed E-state index contributed by atoms with van der Waals surface area (Å²) < 4.78 is 0. The lowest BCUT2D eigenvalue weighted by Gasteiger charge is -2.37. The van der Waals surface area contributed by atoms with Crippen molar-refractivity contribution in [2.45, 2.75) is 37.9 Å². The van der Waals surface area contributed by atoms with Crippen LogP contribution in [0.15, 0.2) is 11.2 Å². The zero-order valence-corrected chi connectivity index (χ0v) is 12.4. The van der Waals surface area contributed by atoms with Crippen LogP contribution in [0.3, 0.4) is 0 Å². The lowest BCUT2D eigenvalue weighted by Crippen LogP contribution is -2.41. The van der Waals surface area contributed by atoms with Crippen molar-refractivity contribution in [1.29, 1.82) is 0 Å². The summed E-state index contributed by atoms with van der Waals surface area (Å²) in [5.74, 6) is 2.69. The van der Waals surface area contributed by atoms with Crippen LogP contribution < -0.4 is 10.2 Å². The zero-order chi connectivity index (χ0) is 13.1. The minimum absolute atomic E-state index is 0.565. The molecule has 1 saturated heterocycles. The molecule has 1 fully saturated rings. The molecule has 2 unspecified atom stereocenters. The van der Waals surface area contributed by atoms with Crippen LogP contribution in [0.4, 0.5) is 11.6 Å². The SMILES string of the molecule is CNc1cc(N2CC(C)CCC2C)nc(SC)n1. The molecule has 0 amide bonds. The number of rotatable bonds is 3.